The Balaban J connectivity index is 2.35. The molecule has 0 fully saturated rings. The second-order valence-electron chi connectivity index (χ2n) is 5.60. The molecule has 0 aliphatic rings. The first-order valence-corrected chi connectivity index (χ1v) is 7.15. The zero-order valence-corrected chi connectivity index (χ0v) is 12.4. The molecule has 1 aromatic rings. The number of hydrogen-bond acceptors (Lipinski definition) is 3. The molecule has 0 aliphatic carbocycles. The molecule has 0 atom stereocenters. The van der Waals surface area contributed by atoms with E-state index in [2.05, 4.69) is 24.4 Å². The van der Waals surface area contributed by atoms with Crippen molar-refractivity contribution in [3.63, 3.8) is 0 Å². The Labute approximate surface area is 117 Å². The van der Waals surface area contributed by atoms with Gasteiger partial charge in [-0.3, -0.25) is 0 Å². The molecular formula is C16H27NO2. The summed E-state index contributed by atoms with van der Waals surface area (Å²) >= 11 is 0. The first-order chi connectivity index (χ1) is 9.07. The predicted molar refractivity (Wildman–Crippen MR) is 79.5 cm³/mol. The van der Waals surface area contributed by atoms with E-state index >= 15 is 0 Å². The molecule has 0 aliphatic heterocycles. The van der Waals surface area contributed by atoms with Gasteiger partial charge in [0.25, 0.3) is 0 Å². The summed E-state index contributed by atoms with van der Waals surface area (Å²) < 4.78 is 5.67. The van der Waals surface area contributed by atoms with Gasteiger partial charge in [-0.2, -0.15) is 0 Å². The molecule has 0 unspecified atom stereocenters. The van der Waals surface area contributed by atoms with Crippen LogP contribution in [0, 0.1) is 0 Å². The highest BCUT2D eigenvalue weighted by Gasteiger charge is 2.14. The number of aliphatic hydroxyl groups is 1. The molecule has 0 aromatic heterocycles. The molecule has 19 heavy (non-hydrogen) atoms. The van der Waals surface area contributed by atoms with Crippen molar-refractivity contribution in [3.05, 3.63) is 29.8 Å². The van der Waals surface area contributed by atoms with E-state index in [1.165, 1.54) is 18.4 Å². The minimum absolute atomic E-state index is 0.131. The summed E-state index contributed by atoms with van der Waals surface area (Å²) in [6.45, 7) is 7.84. The molecule has 0 amide bonds. The highest BCUT2D eigenvalue weighted by atomic mass is 16.5. The van der Waals surface area contributed by atoms with Gasteiger partial charge < -0.3 is 15.2 Å². The molecule has 0 bridgehead atoms. The summed E-state index contributed by atoms with van der Waals surface area (Å²) in [6.07, 6.45) is 3.55. The van der Waals surface area contributed by atoms with Crippen LogP contribution in [0.4, 0.5) is 0 Å². The van der Waals surface area contributed by atoms with Gasteiger partial charge in [0.05, 0.1) is 13.2 Å². The number of aliphatic hydroxyl groups excluding tert-OH is 1. The van der Waals surface area contributed by atoms with Crippen molar-refractivity contribution in [2.75, 3.05) is 13.2 Å². The van der Waals surface area contributed by atoms with Gasteiger partial charge >= 0.3 is 0 Å². The van der Waals surface area contributed by atoms with Gasteiger partial charge in [-0.1, -0.05) is 31.9 Å². The Bertz CT molecular complexity index is 346. The number of ether oxygens (including phenoxy) is 1. The molecule has 0 radical (unpaired) electrons. The monoisotopic (exact) mass is 265 g/mol. The highest BCUT2D eigenvalue weighted by Crippen LogP contribution is 2.13. The largest absolute Gasteiger partial charge is 0.494 e. The lowest BCUT2D eigenvalue weighted by atomic mass is 10.1. The molecule has 0 saturated carbocycles. The Kier molecular flexibility index (Phi) is 6.89. The van der Waals surface area contributed by atoms with E-state index in [9.17, 15) is 5.11 Å². The smallest absolute Gasteiger partial charge is 0.119 e. The van der Waals surface area contributed by atoms with Gasteiger partial charge in [0.2, 0.25) is 0 Å². The van der Waals surface area contributed by atoms with Crippen LogP contribution in [0.15, 0.2) is 24.3 Å². The van der Waals surface area contributed by atoms with Crippen LogP contribution in [0.5, 0.6) is 5.75 Å². The fraction of sp³-hybridized carbons (Fsp3) is 0.625. The van der Waals surface area contributed by atoms with E-state index in [1.54, 1.807) is 0 Å². The summed E-state index contributed by atoms with van der Waals surface area (Å²) in [5.74, 6) is 0.932. The van der Waals surface area contributed by atoms with Gasteiger partial charge in [-0.25, -0.2) is 0 Å². The maximum absolute atomic E-state index is 9.17. The summed E-state index contributed by atoms with van der Waals surface area (Å²) in [5.41, 5.74) is 0.956. The first-order valence-electron chi connectivity index (χ1n) is 7.15. The fourth-order valence-corrected chi connectivity index (χ4v) is 1.64. The van der Waals surface area contributed by atoms with E-state index in [1.807, 2.05) is 26.0 Å². The number of rotatable bonds is 9. The molecule has 0 saturated heterocycles. The van der Waals surface area contributed by atoms with Crippen LogP contribution in [-0.4, -0.2) is 23.9 Å². The molecule has 3 heteroatoms. The van der Waals surface area contributed by atoms with Crippen LogP contribution in [0.25, 0.3) is 0 Å². The van der Waals surface area contributed by atoms with Crippen LogP contribution in [0.3, 0.4) is 0 Å². The second-order valence-corrected chi connectivity index (χ2v) is 5.60. The second kappa shape index (κ2) is 8.18. The number of unbranched alkanes of at least 4 members (excludes halogenated alkanes) is 2. The molecule has 108 valence electrons. The molecular weight excluding hydrogens is 238 g/mol. The minimum Gasteiger partial charge on any atom is -0.494 e. The van der Waals surface area contributed by atoms with Crippen molar-refractivity contribution in [2.45, 2.75) is 52.1 Å². The summed E-state index contributed by atoms with van der Waals surface area (Å²) in [4.78, 5) is 0. The average molecular weight is 265 g/mol. The molecule has 1 aromatic carbocycles. The number of hydrogen-bond donors (Lipinski definition) is 2. The quantitative estimate of drug-likeness (QED) is 0.674. The third-order valence-corrected chi connectivity index (χ3v) is 3.11. The van der Waals surface area contributed by atoms with Crippen LogP contribution < -0.4 is 10.1 Å². The fourth-order valence-electron chi connectivity index (χ4n) is 1.64. The lowest BCUT2D eigenvalue weighted by molar-refractivity contribution is 0.187. The van der Waals surface area contributed by atoms with Crippen LogP contribution >= 0.6 is 0 Å². The zero-order valence-electron chi connectivity index (χ0n) is 12.4. The molecule has 0 heterocycles. The number of nitrogens with one attached hydrogen (secondary N) is 1. The van der Waals surface area contributed by atoms with Gasteiger partial charge in [0.1, 0.15) is 5.75 Å². The average Bonchev–Trinajstić information content (AvgIpc) is 2.43. The maximum atomic E-state index is 9.17. The third-order valence-electron chi connectivity index (χ3n) is 3.11. The van der Waals surface area contributed by atoms with E-state index in [0.29, 0.717) is 0 Å². The Morgan fingerprint density at radius 3 is 2.42 bits per heavy atom. The summed E-state index contributed by atoms with van der Waals surface area (Å²) in [6, 6.07) is 8.15. The highest BCUT2D eigenvalue weighted by molar-refractivity contribution is 5.27. The molecule has 0 spiro atoms. The Morgan fingerprint density at radius 1 is 1.16 bits per heavy atom. The van der Waals surface area contributed by atoms with Gasteiger partial charge in [0.15, 0.2) is 0 Å². The Hall–Kier alpha value is -1.06. The predicted octanol–water partition coefficient (Wildman–Crippen LogP) is 3.12. The van der Waals surface area contributed by atoms with Gasteiger partial charge in [-0.05, 0) is 38.0 Å². The van der Waals surface area contributed by atoms with E-state index in [4.69, 9.17) is 4.74 Å². The van der Waals surface area contributed by atoms with Crippen LogP contribution in [0.1, 0.15) is 45.6 Å². The van der Waals surface area contributed by atoms with Crippen LogP contribution in [0.2, 0.25) is 0 Å². The van der Waals surface area contributed by atoms with E-state index in [-0.39, 0.29) is 12.1 Å². The van der Waals surface area contributed by atoms with Gasteiger partial charge in [-0.15, -0.1) is 0 Å². The van der Waals surface area contributed by atoms with Crippen molar-refractivity contribution >= 4 is 0 Å². The van der Waals surface area contributed by atoms with Crippen molar-refractivity contribution in [2.24, 2.45) is 0 Å². The lowest BCUT2D eigenvalue weighted by Crippen LogP contribution is -2.42. The first kappa shape index (κ1) is 16.0. The minimum atomic E-state index is -0.241. The maximum Gasteiger partial charge on any atom is 0.119 e. The van der Waals surface area contributed by atoms with Crippen LogP contribution in [-0.2, 0) is 6.54 Å². The third kappa shape index (κ3) is 6.60. The normalized spacial score (nSPS) is 11.6. The van der Waals surface area contributed by atoms with Crippen molar-refractivity contribution in [1.82, 2.24) is 5.32 Å². The van der Waals surface area contributed by atoms with E-state index in [0.717, 1.165) is 25.3 Å². The topological polar surface area (TPSA) is 41.5 Å². The molecule has 3 nitrogen and oxygen atoms in total. The zero-order chi connectivity index (χ0) is 14.1. The van der Waals surface area contributed by atoms with Gasteiger partial charge in [0, 0.05) is 12.1 Å². The summed E-state index contributed by atoms with van der Waals surface area (Å²) in [7, 11) is 0. The summed E-state index contributed by atoms with van der Waals surface area (Å²) in [5, 5.41) is 12.5. The number of benzene rings is 1. The SMILES string of the molecule is CCCCCOc1ccc(CNC(C)(C)CO)cc1. The Morgan fingerprint density at radius 2 is 1.84 bits per heavy atom. The standard InChI is InChI=1S/C16H27NO2/c1-4-5-6-11-19-15-9-7-14(8-10-15)12-17-16(2,3)13-18/h7-10,17-18H,4-6,11-13H2,1-3H3. The molecule has 1 rings (SSSR count). The van der Waals surface area contributed by atoms with E-state index < -0.39 is 0 Å². The molecule has 2 N–H and O–H groups in total. The van der Waals surface area contributed by atoms with Crippen molar-refractivity contribution in [1.29, 1.82) is 0 Å². The van der Waals surface area contributed by atoms with Crippen molar-refractivity contribution < 1.29 is 9.84 Å². The lowest BCUT2D eigenvalue weighted by Gasteiger charge is -2.23. The van der Waals surface area contributed by atoms with Crippen molar-refractivity contribution in [3.8, 4) is 5.75 Å².